The van der Waals surface area contributed by atoms with E-state index >= 15 is 0 Å². The molecule has 4 heterocycles. The highest BCUT2D eigenvalue weighted by molar-refractivity contribution is 5.81. The van der Waals surface area contributed by atoms with Gasteiger partial charge in [-0.3, -0.25) is 4.57 Å². The molecule has 128 valence electrons. The van der Waals surface area contributed by atoms with Crippen molar-refractivity contribution in [3.63, 3.8) is 0 Å². The minimum atomic E-state index is -1.19. The Morgan fingerprint density at radius 1 is 1.17 bits per heavy atom. The van der Waals surface area contributed by atoms with E-state index in [0.717, 1.165) is 0 Å². The second-order valence-electron chi connectivity index (χ2n) is 5.20. The zero-order valence-corrected chi connectivity index (χ0v) is 12.6. The van der Waals surface area contributed by atoms with Gasteiger partial charge in [0.15, 0.2) is 17.7 Å². The van der Waals surface area contributed by atoms with Crippen LogP contribution < -0.4 is 5.73 Å². The molecule has 4 atom stereocenters. The van der Waals surface area contributed by atoms with Gasteiger partial charge < -0.3 is 30.8 Å². The molecule has 0 radical (unpaired) electrons. The molecule has 1 aliphatic rings. The van der Waals surface area contributed by atoms with Crippen LogP contribution in [0.2, 0.25) is 0 Å². The normalized spacial score (nSPS) is 26.3. The summed E-state index contributed by atoms with van der Waals surface area (Å²) < 4.78 is 6.85. The van der Waals surface area contributed by atoms with Crippen molar-refractivity contribution in [2.24, 2.45) is 0 Å². The van der Waals surface area contributed by atoms with Gasteiger partial charge in [-0.1, -0.05) is 0 Å². The Morgan fingerprint density at radius 2 is 1.92 bits per heavy atom. The lowest BCUT2D eigenvalue weighted by atomic mass is 10.1. The molecule has 3 aromatic heterocycles. The summed E-state index contributed by atoms with van der Waals surface area (Å²) in [6.45, 7) is -0.390. The number of aromatic amines is 1. The van der Waals surface area contributed by atoms with Gasteiger partial charge in [-0.25, -0.2) is 15.0 Å². The number of hydrogen-bond acceptors (Lipinski definition) is 8. The van der Waals surface area contributed by atoms with E-state index in [-0.39, 0.29) is 5.82 Å². The fraction of sp³-hybridized carbons (Fsp3) is 0.357. The minimum absolute atomic E-state index is 0.218. The lowest BCUT2D eigenvalue weighted by molar-refractivity contribution is -0.0511. The van der Waals surface area contributed by atoms with Crippen LogP contribution in [0.25, 0.3) is 11.2 Å². The largest absolute Gasteiger partial charge is 0.394 e. The molecule has 0 amide bonds. The maximum Gasteiger partial charge on any atom is 0.167 e. The van der Waals surface area contributed by atoms with Crippen molar-refractivity contribution >= 4 is 17.0 Å². The van der Waals surface area contributed by atoms with E-state index in [1.807, 2.05) is 24.5 Å². The van der Waals surface area contributed by atoms with Gasteiger partial charge in [-0.05, 0) is 12.1 Å². The third-order valence-corrected chi connectivity index (χ3v) is 3.67. The number of H-pyrrole nitrogens is 1. The summed E-state index contributed by atoms with van der Waals surface area (Å²) >= 11 is 0. The van der Waals surface area contributed by atoms with Crippen molar-refractivity contribution in [3.05, 3.63) is 37.2 Å². The molecule has 24 heavy (non-hydrogen) atoms. The first-order valence-corrected chi connectivity index (χ1v) is 7.26. The van der Waals surface area contributed by atoms with Crippen LogP contribution in [0.15, 0.2) is 37.2 Å². The van der Waals surface area contributed by atoms with Gasteiger partial charge in [0.05, 0.1) is 12.9 Å². The number of imidazole rings is 1. The topological polar surface area (TPSA) is 155 Å². The molecule has 10 nitrogen and oxygen atoms in total. The maximum atomic E-state index is 9.95. The van der Waals surface area contributed by atoms with Crippen LogP contribution in [-0.4, -0.2) is 64.7 Å². The maximum absolute atomic E-state index is 9.95. The van der Waals surface area contributed by atoms with Crippen molar-refractivity contribution in [3.8, 4) is 0 Å². The van der Waals surface area contributed by atoms with Crippen LogP contribution in [0.4, 0.5) is 5.82 Å². The third-order valence-electron chi connectivity index (χ3n) is 3.67. The summed E-state index contributed by atoms with van der Waals surface area (Å²) in [6.07, 6.45) is 2.33. The van der Waals surface area contributed by atoms with Crippen LogP contribution in [0.1, 0.15) is 6.23 Å². The molecule has 0 bridgehead atoms. The summed E-state index contributed by atoms with van der Waals surface area (Å²) in [5, 5.41) is 28.7. The van der Waals surface area contributed by atoms with Gasteiger partial charge in [-0.2, -0.15) is 0 Å². The number of nitrogen functional groups attached to an aromatic ring is 1. The molecular weight excluding hydrogens is 316 g/mol. The fourth-order valence-corrected chi connectivity index (χ4v) is 2.44. The van der Waals surface area contributed by atoms with E-state index in [2.05, 4.69) is 19.9 Å². The second kappa shape index (κ2) is 6.93. The van der Waals surface area contributed by atoms with Crippen molar-refractivity contribution in [2.45, 2.75) is 24.5 Å². The quantitative estimate of drug-likeness (QED) is 0.401. The second-order valence-corrected chi connectivity index (χ2v) is 5.20. The summed E-state index contributed by atoms with van der Waals surface area (Å²) in [5.74, 6) is 0.218. The highest BCUT2D eigenvalue weighted by atomic mass is 16.6. The Bertz CT molecular complexity index is 760. The van der Waals surface area contributed by atoms with E-state index in [1.165, 1.54) is 17.2 Å². The van der Waals surface area contributed by atoms with E-state index in [4.69, 9.17) is 15.6 Å². The predicted octanol–water partition coefficient (Wildman–Crippen LogP) is -0.965. The Balaban J connectivity index is 0.000000290. The number of hydrogen-bond donors (Lipinski definition) is 5. The average molecular weight is 334 g/mol. The molecule has 1 fully saturated rings. The molecule has 0 aromatic carbocycles. The Kier molecular flexibility index (Phi) is 4.71. The number of fused-ring (bicyclic) bond motifs is 1. The molecule has 0 spiro atoms. The first kappa shape index (κ1) is 16.3. The molecule has 1 saturated heterocycles. The van der Waals surface area contributed by atoms with Gasteiger partial charge in [0.25, 0.3) is 0 Å². The lowest BCUT2D eigenvalue weighted by Gasteiger charge is -2.16. The van der Waals surface area contributed by atoms with Crippen LogP contribution in [0.3, 0.4) is 0 Å². The number of anilines is 1. The number of nitrogens with two attached hydrogens (primary N) is 1. The summed E-state index contributed by atoms with van der Waals surface area (Å²) in [7, 11) is 0. The minimum Gasteiger partial charge on any atom is -0.394 e. The number of aliphatic hydroxyl groups excluding tert-OH is 3. The molecule has 6 N–H and O–H groups in total. The number of ether oxygens (including phenoxy) is 1. The van der Waals surface area contributed by atoms with Gasteiger partial charge in [-0.15, -0.1) is 0 Å². The summed E-state index contributed by atoms with van der Waals surface area (Å²) in [5.41, 5.74) is 6.44. The van der Waals surface area contributed by atoms with Crippen molar-refractivity contribution < 1.29 is 20.1 Å². The zero-order valence-electron chi connectivity index (χ0n) is 12.6. The molecule has 4 rings (SSSR count). The summed E-state index contributed by atoms with van der Waals surface area (Å²) in [6, 6.07) is 3.89. The smallest absolute Gasteiger partial charge is 0.167 e. The monoisotopic (exact) mass is 334 g/mol. The molecule has 3 aromatic rings. The fourth-order valence-electron chi connectivity index (χ4n) is 2.44. The number of aliphatic hydroxyl groups is 3. The van der Waals surface area contributed by atoms with Crippen LogP contribution in [-0.2, 0) is 4.74 Å². The lowest BCUT2D eigenvalue weighted by Crippen LogP contribution is -2.33. The van der Waals surface area contributed by atoms with E-state index < -0.39 is 31.1 Å². The standard InChI is InChI=1S/C10H13N5O4.C4H5N/c11-8-5-9(13-2-12-8)15(3-14-5)10-7(18)6(17)4(1-16)19-10;1-2-4-5-3-1/h2-4,6-7,10,16-18H,1H2,(H2,11,12,13);1-5H/t4-,6-,7-,10-;/m1./s1. The van der Waals surface area contributed by atoms with Crippen LogP contribution in [0.5, 0.6) is 0 Å². The van der Waals surface area contributed by atoms with Gasteiger partial charge >= 0.3 is 0 Å². The van der Waals surface area contributed by atoms with E-state index in [9.17, 15) is 10.2 Å². The van der Waals surface area contributed by atoms with E-state index in [1.54, 1.807) is 0 Å². The third kappa shape index (κ3) is 2.95. The molecule has 10 heteroatoms. The number of nitrogens with one attached hydrogen (secondary N) is 1. The van der Waals surface area contributed by atoms with Crippen molar-refractivity contribution in [1.29, 1.82) is 0 Å². The molecule has 0 unspecified atom stereocenters. The Morgan fingerprint density at radius 3 is 2.50 bits per heavy atom. The highest BCUT2D eigenvalue weighted by Gasteiger charge is 2.43. The Labute approximate surface area is 136 Å². The first-order valence-electron chi connectivity index (χ1n) is 7.26. The molecule has 1 aliphatic heterocycles. The molecular formula is C14H18N6O4. The predicted molar refractivity (Wildman–Crippen MR) is 83.5 cm³/mol. The number of rotatable bonds is 2. The van der Waals surface area contributed by atoms with Gasteiger partial charge in [0.2, 0.25) is 0 Å². The van der Waals surface area contributed by atoms with E-state index in [0.29, 0.717) is 11.2 Å². The molecule has 0 aliphatic carbocycles. The van der Waals surface area contributed by atoms with Gasteiger partial charge in [0.1, 0.15) is 30.2 Å². The zero-order chi connectivity index (χ0) is 17.1. The number of aromatic nitrogens is 5. The van der Waals surface area contributed by atoms with Crippen LogP contribution in [0, 0.1) is 0 Å². The highest BCUT2D eigenvalue weighted by Crippen LogP contribution is 2.31. The average Bonchev–Trinajstić information content (AvgIpc) is 3.32. The van der Waals surface area contributed by atoms with Crippen LogP contribution >= 0.6 is 0 Å². The molecule has 0 saturated carbocycles. The first-order chi connectivity index (χ1) is 11.6. The summed E-state index contributed by atoms with van der Waals surface area (Å²) in [4.78, 5) is 14.8. The number of nitrogens with zero attached hydrogens (tertiary/aromatic N) is 4. The SMILES string of the molecule is Nc1ncnc2c1ncn2[C@@H]1O[C@H](CO)[C@@H](O)[C@H]1O.c1cc[nH]c1. The van der Waals surface area contributed by atoms with Gasteiger partial charge in [0, 0.05) is 12.4 Å². The Hall–Kier alpha value is -2.53. The van der Waals surface area contributed by atoms with Crippen molar-refractivity contribution in [2.75, 3.05) is 12.3 Å². The van der Waals surface area contributed by atoms with Crippen molar-refractivity contribution in [1.82, 2.24) is 24.5 Å².